The van der Waals surface area contributed by atoms with E-state index in [2.05, 4.69) is 0 Å². The summed E-state index contributed by atoms with van der Waals surface area (Å²) in [6.45, 7) is 0. The molecule has 0 aromatic heterocycles. The predicted octanol–water partition coefficient (Wildman–Crippen LogP) is 1.67. The molecule has 1 nitrogen and oxygen atoms in total. The van der Waals surface area contributed by atoms with Crippen LogP contribution in [0.5, 0.6) is 0 Å². The second-order valence-electron chi connectivity index (χ2n) is 2.78. The molecule has 1 saturated carbocycles. The number of rotatable bonds is 0. The third kappa shape index (κ3) is 0.511. The average Bonchev–Trinajstić information content (AvgIpc) is 2.31. The average molecular weight is 161 g/mol. The summed E-state index contributed by atoms with van der Waals surface area (Å²) in [4.78, 5) is 10.8. The van der Waals surface area contributed by atoms with Gasteiger partial charge in [0.15, 0.2) is 5.78 Å². The van der Waals surface area contributed by atoms with Crippen LogP contribution in [0.2, 0.25) is 0 Å². The summed E-state index contributed by atoms with van der Waals surface area (Å²) in [5.41, 5.74) is 0. The normalized spacial score (nSPS) is 50.8. The van der Waals surface area contributed by atoms with Gasteiger partial charge in [-0.25, -0.2) is 4.39 Å². The van der Waals surface area contributed by atoms with Crippen LogP contribution in [0.15, 0.2) is 12.2 Å². The molecule has 0 aromatic rings. The van der Waals surface area contributed by atoms with Gasteiger partial charge in [0.1, 0.15) is 0 Å². The highest BCUT2D eigenvalue weighted by Gasteiger charge is 2.62. The van der Waals surface area contributed by atoms with E-state index in [-0.39, 0.29) is 11.8 Å². The molecule has 3 atom stereocenters. The summed E-state index contributed by atoms with van der Waals surface area (Å²) in [7, 11) is 0. The first kappa shape index (κ1) is 6.35. The third-order valence-electron chi connectivity index (χ3n) is 2.25. The summed E-state index contributed by atoms with van der Waals surface area (Å²) in [6, 6.07) is 0. The Balaban J connectivity index is 2.29. The number of hydrogen-bond donors (Lipinski definition) is 0. The van der Waals surface area contributed by atoms with Crippen LogP contribution in [0.3, 0.4) is 0 Å². The van der Waals surface area contributed by atoms with Crippen molar-refractivity contribution in [3.05, 3.63) is 12.2 Å². The van der Waals surface area contributed by atoms with E-state index < -0.39 is 10.9 Å². The molecule has 1 fully saturated rings. The molecule has 10 heavy (non-hydrogen) atoms. The third-order valence-corrected chi connectivity index (χ3v) is 2.69. The molecule has 3 unspecified atom stereocenters. The quantitative estimate of drug-likeness (QED) is 0.389. The second kappa shape index (κ2) is 1.62. The van der Waals surface area contributed by atoms with Gasteiger partial charge in [-0.05, 0) is 6.42 Å². The lowest BCUT2D eigenvalue weighted by molar-refractivity contribution is -0.145. The molecule has 0 N–H and O–H groups in total. The lowest BCUT2D eigenvalue weighted by Gasteiger charge is -2.38. The maximum absolute atomic E-state index is 12.9. The Morgan fingerprint density at radius 3 is 3.10 bits per heavy atom. The standard InChI is InChI=1S/C7H6ClFO/c8-7(9)5-3-1-2-4(5)6(7)10/h1,3-5H,2H2. The van der Waals surface area contributed by atoms with E-state index in [9.17, 15) is 9.18 Å². The summed E-state index contributed by atoms with van der Waals surface area (Å²) in [6.07, 6.45) is 4.18. The predicted molar refractivity (Wildman–Crippen MR) is 35.4 cm³/mol. The highest BCUT2D eigenvalue weighted by molar-refractivity contribution is 6.37. The van der Waals surface area contributed by atoms with E-state index in [1.165, 1.54) is 0 Å². The Hall–Kier alpha value is -0.370. The first-order valence-corrected chi connectivity index (χ1v) is 3.60. The highest BCUT2D eigenvalue weighted by atomic mass is 35.5. The molecule has 54 valence electrons. The maximum atomic E-state index is 12.9. The van der Waals surface area contributed by atoms with Crippen molar-refractivity contribution >= 4 is 17.4 Å². The van der Waals surface area contributed by atoms with Crippen LogP contribution in [-0.2, 0) is 4.79 Å². The first-order chi connectivity index (χ1) is 4.64. The van der Waals surface area contributed by atoms with Crippen LogP contribution in [0, 0.1) is 11.8 Å². The van der Waals surface area contributed by atoms with Crippen molar-refractivity contribution in [3.8, 4) is 0 Å². The zero-order chi connectivity index (χ0) is 7.35. The molecule has 3 heteroatoms. The van der Waals surface area contributed by atoms with E-state index in [1.54, 1.807) is 6.08 Å². The van der Waals surface area contributed by atoms with Crippen molar-refractivity contribution in [3.63, 3.8) is 0 Å². The number of halogens is 2. The fourth-order valence-corrected chi connectivity index (χ4v) is 1.98. The van der Waals surface area contributed by atoms with Crippen molar-refractivity contribution in [2.45, 2.75) is 11.5 Å². The van der Waals surface area contributed by atoms with Gasteiger partial charge < -0.3 is 0 Å². The van der Waals surface area contributed by atoms with Crippen molar-refractivity contribution < 1.29 is 9.18 Å². The van der Waals surface area contributed by atoms with Gasteiger partial charge in [-0.1, -0.05) is 23.8 Å². The molecule has 0 spiro atoms. The molecule has 2 aliphatic rings. The lowest BCUT2D eigenvalue weighted by atomic mass is 9.72. The van der Waals surface area contributed by atoms with Crippen molar-refractivity contribution in [2.24, 2.45) is 11.8 Å². The molecule has 0 amide bonds. The fourth-order valence-electron chi connectivity index (χ4n) is 1.61. The largest absolute Gasteiger partial charge is 0.294 e. The van der Waals surface area contributed by atoms with Gasteiger partial charge in [0.25, 0.3) is 0 Å². The number of carbonyl (C=O) groups excluding carboxylic acids is 1. The van der Waals surface area contributed by atoms with Crippen molar-refractivity contribution in [2.75, 3.05) is 0 Å². The zero-order valence-corrected chi connectivity index (χ0v) is 5.94. The van der Waals surface area contributed by atoms with Crippen LogP contribution in [0.25, 0.3) is 0 Å². The highest BCUT2D eigenvalue weighted by Crippen LogP contribution is 2.51. The van der Waals surface area contributed by atoms with E-state index in [0.29, 0.717) is 6.42 Å². The van der Waals surface area contributed by atoms with Crippen LogP contribution < -0.4 is 0 Å². The molecule has 0 radical (unpaired) electrons. The molecule has 0 aromatic carbocycles. The number of allylic oxidation sites excluding steroid dienone is 2. The monoisotopic (exact) mass is 160 g/mol. The topological polar surface area (TPSA) is 17.1 Å². The van der Waals surface area contributed by atoms with Crippen molar-refractivity contribution in [1.82, 2.24) is 0 Å². The second-order valence-corrected chi connectivity index (χ2v) is 3.33. The number of ketones is 1. The van der Waals surface area contributed by atoms with Gasteiger partial charge in [-0.2, -0.15) is 0 Å². The number of Topliss-reactive ketones (excluding diaryl/α,β-unsaturated/α-hetero) is 1. The molecule has 0 saturated heterocycles. The molecule has 0 aliphatic heterocycles. The SMILES string of the molecule is O=C1C2CC=CC2C1(F)Cl. The van der Waals surface area contributed by atoms with E-state index in [0.717, 1.165) is 0 Å². The Morgan fingerprint density at radius 1 is 1.80 bits per heavy atom. The first-order valence-electron chi connectivity index (χ1n) is 3.23. The summed E-state index contributed by atoms with van der Waals surface area (Å²) in [5, 5.41) is -2.07. The van der Waals surface area contributed by atoms with Gasteiger partial charge in [-0.3, -0.25) is 4.79 Å². The number of hydrogen-bond acceptors (Lipinski definition) is 1. The van der Waals surface area contributed by atoms with E-state index >= 15 is 0 Å². The van der Waals surface area contributed by atoms with Gasteiger partial charge in [0, 0.05) is 11.8 Å². The number of carbonyl (C=O) groups is 1. The molecule has 0 bridgehead atoms. The Labute approximate surface area is 62.9 Å². The van der Waals surface area contributed by atoms with Gasteiger partial charge in [0.05, 0.1) is 0 Å². The molecular weight excluding hydrogens is 155 g/mol. The molecule has 0 heterocycles. The minimum Gasteiger partial charge on any atom is -0.294 e. The van der Waals surface area contributed by atoms with E-state index in [4.69, 9.17) is 11.6 Å². The number of alkyl halides is 2. The summed E-state index contributed by atoms with van der Waals surface area (Å²) >= 11 is 5.29. The van der Waals surface area contributed by atoms with E-state index in [1.807, 2.05) is 6.08 Å². The lowest BCUT2D eigenvalue weighted by Crippen LogP contribution is -2.54. The van der Waals surface area contributed by atoms with Gasteiger partial charge in [0.2, 0.25) is 5.13 Å². The summed E-state index contributed by atoms with van der Waals surface area (Å²) in [5.74, 6) is -0.937. The minimum atomic E-state index is -2.07. The summed E-state index contributed by atoms with van der Waals surface area (Å²) < 4.78 is 12.9. The van der Waals surface area contributed by atoms with Gasteiger partial charge >= 0.3 is 0 Å². The van der Waals surface area contributed by atoms with Gasteiger partial charge in [-0.15, -0.1) is 0 Å². The molecule has 2 aliphatic carbocycles. The Bertz CT molecular complexity index is 222. The Kier molecular flexibility index (Phi) is 1.03. The fraction of sp³-hybridized carbons (Fsp3) is 0.571. The van der Waals surface area contributed by atoms with Crippen LogP contribution >= 0.6 is 11.6 Å². The van der Waals surface area contributed by atoms with Crippen molar-refractivity contribution in [1.29, 1.82) is 0 Å². The number of fused-ring (bicyclic) bond motifs is 1. The van der Waals surface area contributed by atoms with Crippen LogP contribution in [0.1, 0.15) is 6.42 Å². The van der Waals surface area contributed by atoms with Crippen LogP contribution in [0.4, 0.5) is 4.39 Å². The maximum Gasteiger partial charge on any atom is 0.248 e. The minimum absolute atomic E-state index is 0.150. The zero-order valence-electron chi connectivity index (χ0n) is 5.18. The molecule has 2 rings (SSSR count). The smallest absolute Gasteiger partial charge is 0.248 e. The van der Waals surface area contributed by atoms with Crippen LogP contribution in [-0.4, -0.2) is 10.9 Å². The molecular formula is C7H6ClFO. The Morgan fingerprint density at radius 2 is 2.50 bits per heavy atom.